The van der Waals surface area contributed by atoms with E-state index in [9.17, 15) is 9.59 Å². The first-order valence-corrected chi connectivity index (χ1v) is 4.01. The van der Waals surface area contributed by atoms with Gasteiger partial charge in [0.25, 0.3) is 0 Å². The number of allylic oxidation sites excluding steroid dienone is 4. The van der Waals surface area contributed by atoms with Crippen LogP contribution in [0.2, 0.25) is 0 Å². The maximum Gasteiger partial charge on any atom is 0.155 e. The van der Waals surface area contributed by atoms with E-state index in [1.54, 1.807) is 0 Å². The van der Waals surface area contributed by atoms with Gasteiger partial charge in [-0.25, -0.2) is 0 Å². The fourth-order valence-corrected chi connectivity index (χ4v) is 0.588. The van der Waals surface area contributed by atoms with E-state index in [0.717, 1.165) is 0 Å². The number of ketones is 2. The molecule has 4 nitrogen and oxygen atoms in total. The zero-order valence-corrected chi connectivity index (χ0v) is 10.5. The van der Waals surface area contributed by atoms with Gasteiger partial charge in [0.1, 0.15) is 0 Å². The Morgan fingerprint density at radius 3 is 1.00 bits per heavy atom. The first kappa shape index (κ1) is 19.5. The van der Waals surface area contributed by atoms with Crippen LogP contribution in [0.3, 0.4) is 0 Å². The van der Waals surface area contributed by atoms with Crippen LogP contribution in [0.1, 0.15) is 27.7 Å². The number of carbonyl (C=O) groups is 2. The monoisotopic (exact) mass is 252 g/mol. The molecule has 0 radical (unpaired) electrons. The van der Waals surface area contributed by atoms with Crippen molar-refractivity contribution in [3.63, 3.8) is 0 Å². The number of hydrogen-bond donors (Lipinski definition) is 2. The summed E-state index contributed by atoms with van der Waals surface area (Å²) in [5, 5.41) is 16.7. The molecule has 0 aromatic heterocycles. The van der Waals surface area contributed by atoms with Crippen LogP contribution in [0.4, 0.5) is 0 Å². The van der Waals surface area contributed by atoms with E-state index in [1.807, 2.05) is 0 Å². The van der Waals surface area contributed by atoms with Gasteiger partial charge in [0, 0.05) is 29.5 Å². The predicted octanol–water partition coefficient (Wildman–Crippen LogP) is 2.07. The first-order valence-electron chi connectivity index (χ1n) is 4.01. The van der Waals surface area contributed by atoms with Crippen LogP contribution >= 0.6 is 0 Å². The summed E-state index contributed by atoms with van der Waals surface area (Å²) in [5.41, 5.74) is 0. The third-order valence-corrected chi connectivity index (χ3v) is 0.824. The SMILES string of the molecule is CC(=O)/C=C(/C)O.CC(=O)/C=C(\C)O.[Cr]. The summed E-state index contributed by atoms with van der Waals surface area (Å²) in [7, 11) is 0. The molecule has 0 aliphatic carbocycles. The van der Waals surface area contributed by atoms with Crippen LogP contribution in [0.5, 0.6) is 0 Å². The zero-order valence-electron chi connectivity index (χ0n) is 9.27. The van der Waals surface area contributed by atoms with Crippen LogP contribution in [-0.4, -0.2) is 21.8 Å². The van der Waals surface area contributed by atoms with E-state index in [2.05, 4.69) is 0 Å². The second-order valence-electron chi connectivity index (χ2n) is 2.79. The number of aliphatic hydroxyl groups is 2. The number of carbonyl (C=O) groups excluding carboxylic acids is 2. The quantitative estimate of drug-likeness (QED) is 0.582. The Labute approximate surface area is 100 Å². The van der Waals surface area contributed by atoms with E-state index in [0.29, 0.717) is 0 Å². The molecule has 0 amide bonds. The molecular weight excluding hydrogens is 236 g/mol. The van der Waals surface area contributed by atoms with Crippen molar-refractivity contribution < 1.29 is 37.2 Å². The van der Waals surface area contributed by atoms with Crippen molar-refractivity contribution in [2.45, 2.75) is 27.7 Å². The Morgan fingerprint density at radius 2 is 1.00 bits per heavy atom. The van der Waals surface area contributed by atoms with Crippen LogP contribution in [0, 0.1) is 0 Å². The predicted molar refractivity (Wildman–Crippen MR) is 54.1 cm³/mol. The van der Waals surface area contributed by atoms with Crippen LogP contribution < -0.4 is 0 Å². The normalized spacial score (nSPS) is 10.7. The molecule has 0 atom stereocenters. The van der Waals surface area contributed by atoms with Crippen molar-refractivity contribution in [3.05, 3.63) is 23.7 Å². The summed E-state index contributed by atoms with van der Waals surface area (Å²) < 4.78 is 0. The smallest absolute Gasteiger partial charge is 0.155 e. The van der Waals surface area contributed by atoms with Gasteiger partial charge in [0.2, 0.25) is 0 Å². The largest absolute Gasteiger partial charge is 0.512 e. The summed E-state index contributed by atoms with van der Waals surface area (Å²) in [6, 6.07) is 0. The fraction of sp³-hybridized carbons (Fsp3) is 0.400. The number of rotatable bonds is 2. The van der Waals surface area contributed by atoms with Crippen LogP contribution in [0.15, 0.2) is 23.7 Å². The van der Waals surface area contributed by atoms with Crippen molar-refractivity contribution in [2.75, 3.05) is 0 Å². The number of hydrogen-bond acceptors (Lipinski definition) is 4. The zero-order chi connectivity index (χ0) is 11.7. The molecule has 0 aromatic rings. The van der Waals surface area contributed by atoms with E-state index in [1.165, 1.54) is 39.8 Å². The van der Waals surface area contributed by atoms with Crippen molar-refractivity contribution in [1.29, 1.82) is 0 Å². The van der Waals surface area contributed by atoms with Crippen LogP contribution in [-0.2, 0) is 27.0 Å². The van der Waals surface area contributed by atoms with Crippen molar-refractivity contribution in [2.24, 2.45) is 0 Å². The van der Waals surface area contributed by atoms with Gasteiger partial charge in [-0.3, -0.25) is 9.59 Å². The maximum absolute atomic E-state index is 10.0. The van der Waals surface area contributed by atoms with Gasteiger partial charge in [-0.2, -0.15) is 0 Å². The second kappa shape index (κ2) is 11.0. The molecule has 0 heterocycles. The minimum absolute atomic E-state index is 0. The van der Waals surface area contributed by atoms with Gasteiger partial charge in [-0.1, -0.05) is 0 Å². The molecule has 0 saturated carbocycles. The molecule has 0 spiro atoms. The summed E-state index contributed by atoms with van der Waals surface area (Å²) >= 11 is 0. The standard InChI is InChI=1S/2C5H8O2.Cr/c2*1-4(6)3-5(2)7;/h2*3,6H,1-2H3;/b4-3+;4-3-;. The molecule has 86 valence electrons. The third kappa shape index (κ3) is 32.1. The molecule has 0 rings (SSSR count). The summed E-state index contributed by atoms with van der Waals surface area (Å²) in [5.74, 6) is -0.125. The summed E-state index contributed by atoms with van der Waals surface area (Å²) in [6.07, 6.45) is 2.33. The molecule has 15 heavy (non-hydrogen) atoms. The van der Waals surface area contributed by atoms with E-state index < -0.39 is 0 Å². The van der Waals surface area contributed by atoms with Gasteiger partial charge in [0.15, 0.2) is 11.6 Å². The minimum Gasteiger partial charge on any atom is -0.512 e. The molecule has 5 heteroatoms. The average Bonchev–Trinajstić information content (AvgIpc) is 1.79. The first-order chi connectivity index (χ1) is 6.25. The molecule has 0 fully saturated rings. The Hall–Kier alpha value is -1.05. The topological polar surface area (TPSA) is 74.6 Å². The fourth-order valence-electron chi connectivity index (χ4n) is 0.588. The van der Waals surface area contributed by atoms with Gasteiger partial charge in [-0.15, -0.1) is 0 Å². The van der Waals surface area contributed by atoms with Crippen molar-refractivity contribution >= 4 is 11.6 Å². The number of aliphatic hydroxyl groups excluding tert-OH is 2. The van der Waals surface area contributed by atoms with Gasteiger partial charge >= 0.3 is 0 Å². The van der Waals surface area contributed by atoms with Gasteiger partial charge in [0.05, 0.1) is 11.5 Å². The molecule has 0 saturated heterocycles. The van der Waals surface area contributed by atoms with Crippen molar-refractivity contribution in [3.8, 4) is 0 Å². The van der Waals surface area contributed by atoms with E-state index in [4.69, 9.17) is 10.2 Å². The molecule has 0 aromatic carbocycles. The Kier molecular flexibility index (Phi) is 14.3. The maximum atomic E-state index is 10.0. The molecule has 2 N–H and O–H groups in total. The van der Waals surface area contributed by atoms with Crippen LogP contribution in [0.25, 0.3) is 0 Å². The molecular formula is C10H16CrO4. The Morgan fingerprint density at radius 1 is 0.800 bits per heavy atom. The Balaban J connectivity index is -0.000000180. The van der Waals surface area contributed by atoms with E-state index in [-0.39, 0.29) is 40.4 Å². The summed E-state index contributed by atoms with van der Waals surface area (Å²) in [4.78, 5) is 20.0. The Bertz CT molecular complexity index is 231. The minimum atomic E-state index is -0.125. The molecule has 0 aliphatic rings. The second-order valence-corrected chi connectivity index (χ2v) is 2.79. The summed E-state index contributed by atoms with van der Waals surface area (Å²) in [6.45, 7) is 5.70. The average molecular weight is 252 g/mol. The van der Waals surface area contributed by atoms with Gasteiger partial charge < -0.3 is 10.2 Å². The molecule has 0 bridgehead atoms. The molecule has 0 aliphatic heterocycles. The molecule has 0 unspecified atom stereocenters. The third-order valence-electron chi connectivity index (χ3n) is 0.824. The van der Waals surface area contributed by atoms with Gasteiger partial charge in [-0.05, 0) is 27.7 Å². The van der Waals surface area contributed by atoms with Crippen molar-refractivity contribution in [1.82, 2.24) is 0 Å². The van der Waals surface area contributed by atoms with E-state index >= 15 is 0 Å².